The zero-order chi connectivity index (χ0) is 12.6. The van der Waals surface area contributed by atoms with Crippen LogP contribution in [0.25, 0.3) is 0 Å². The van der Waals surface area contributed by atoms with Crippen molar-refractivity contribution in [1.29, 1.82) is 0 Å². The molecule has 0 saturated carbocycles. The molecule has 18 heavy (non-hydrogen) atoms. The number of nitrogens with two attached hydrogens (primary N) is 1. The summed E-state index contributed by atoms with van der Waals surface area (Å²) in [5.74, 6) is -0.729. The van der Waals surface area contributed by atoms with E-state index in [2.05, 4.69) is 10.3 Å². The molecule has 3 N–H and O–H groups in total. The van der Waals surface area contributed by atoms with Crippen LogP contribution in [0.2, 0.25) is 0 Å². The highest BCUT2D eigenvalue weighted by atomic mass is 16.7. The maximum atomic E-state index is 11.8. The molecule has 2 heterocycles. The summed E-state index contributed by atoms with van der Waals surface area (Å²) < 4.78 is 11.4. The summed E-state index contributed by atoms with van der Waals surface area (Å²) in [6.07, 6.45) is 1.95. The lowest BCUT2D eigenvalue weighted by Crippen LogP contribution is -2.43. The van der Waals surface area contributed by atoms with Gasteiger partial charge >= 0.3 is 0 Å². The van der Waals surface area contributed by atoms with Crippen LogP contribution in [0.1, 0.15) is 19.3 Å². The highest BCUT2D eigenvalue weighted by molar-refractivity contribution is 6.45. The number of ether oxygens (including phenoxy) is 2. The zero-order valence-electron chi connectivity index (χ0n) is 10.2. The van der Waals surface area contributed by atoms with Crippen molar-refractivity contribution in [2.75, 3.05) is 26.3 Å². The average Bonchev–Trinajstić information content (AvgIpc) is 2.82. The van der Waals surface area contributed by atoms with Gasteiger partial charge in [0.15, 0.2) is 5.79 Å². The summed E-state index contributed by atoms with van der Waals surface area (Å²) in [5, 5.41) is 2.79. The number of hydrogen-bond acceptors (Lipinski definition) is 5. The van der Waals surface area contributed by atoms with Gasteiger partial charge in [0.1, 0.15) is 5.71 Å². The second-order valence-electron chi connectivity index (χ2n) is 4.77. The van der Waals surface area contributed by atoms with Crippen LogP contribution >= 0.6 is 0 Å². The van der Waals surface area contributed by atoms with Crippen molar-refractivity contribution in [2.45, 2.75) is 25.0 Å². The predicted octanol–water partition coefficient (Wildman–Crippen LogP) is -0.303. The molecule has 3 rings (SSSR count). The number of hydrogen-bond donors (Lipinski definition) is 2. The van der Waals surface area contributed by atoms with E-state index in [4.69, 9.17) is 15.2 Å². The molecule has 0 atom stereocenters. The summed E-state index contributed by atoms with van der Waals surface area (Å²) in [5.41, 5.74) is 8.01. The molecule has 6 nitrogen and oxygen atoms in total. The van der Waals surface area contributed by atoms with E-state index in [1.165, 1.54) is 0 Å². The van der Waals surface area contributed by atoms with E-state index in [0.29, 0.717) is 44.9 Å². The molecule has 0 aromatic carbocycles. The zero-order valence-corrected chi connectivity index (χ0v) is 10.2. The lowest BCUT2D eigenvalue weighted by Gasteiger charge is -2.34. The van der Waals surface area contributed by atoms with Gasteiger partial charge in [-0.1, -0.05) is 0 Å². The van der Waals surface area contributed by atoms with Gasteiger partial charge < -0.3 is 20.5 Å². The van der Waals surface area contributed by atoms with Crippen LogP contribution in [0.15, 0.2) is 16.3 Å². The fraction of sp³-hybridized carbons (Fsp3) is 0.667. The van der Waals surface area contributed by atoms with E-state index < -0.39 is 5.79 Å². The molecular weight excluding hydrogens is 234 g/mol. The predicted molar refractivity (Wildman–Crippen MR) is 65.0 cm³/mol. The lowest BCUT2D eigenvalue weighted by atomic mass is 9.87. The van der Waals surface area contributed by atoms with Gasteiger partial charge in [-0.05, 0) is 6.42 Å². The maximum absolute atomic E-state index is 11.8. The van der Waals surface area contributed by atoms with Crippen molar-refractivity contribution in [3.8, 4) is 0 Å². The third kappa shape index (κ3) is 1.91. The Morgan fingerprint density at radius 2 is 2.11 bits per heavy atom. The summed E-state index contributed by atoms with van der Waals surface area (Å²) in [6, 6.07) is 0. The molecule has 98 valence electrons. The third-order valence-corrected chi connectivity index (χ3v) is 3.59. The first-order valence-electron chi connectivity index (χ1n) is 6.29. The smallest absolute Gasteiger partial charge is 0.269 e. The molecule has 0 aromatic heterocycles. The highest BCUT2D eigenvalue weighted by Crippen LogP contribution is 2.38. The van der Waals surface area contributed by atoms with Crippen molar-refractivity contribution in [2.24, 2.45) is 10.7 Å². The number of allylic oxidation sites excluding steroid dienone is 1. The fourth-order valence-electron chi connectivity index (χ4n) is 2.65. The number of carbonyl (C=O) groups excluding carboxylic acids is 1. The summed E-state index contributed by atoms with van der Waals surface area (Å²) >= 11 is 0. The second-order valence-corrected chi connectivity index (χ2v) is 4.77. The van der Waals surface area contributed by atoms with Crippen molar-refractivity contribution in [1.82, 2.24) is 5.32 Å². The SMILES string of the molecule is NC1=C(C2=NCCNC2=O)CC2(CC1)OCCO2. The van der Waals surface area contributed by atoms with Crippen molar-refractivity contribution >= 4 is 11.6 Å². The number of nitrogens with zero attached hydrogens (tertiary/aromatic N) is 1. The molecule has 1 spiro atoms. The van der Waals surface area contributed by atoms with Crippen molar-refractivity contribution in [3.63, 3.8) is 0 Å². The minimum atomic E-state index is -0.585. The average molecular weight is 251 g/mol. The standard InChI is InChI=1S/C12H17N3O3/c13-9-1-2-12(17-5-6-18-12)7-8(9)10-11(16)15-4-3-14-10/h1-7,13H2,(H,15,16). The summed E-state index contributed by atoms with van der Waals surface area (Å²) in [4.78, 5) is 16.1. The number of aliphatic imine (C=N–C) groups is 1. The van der Waals surface area contributed by atoms with Crippen LogP contribution in [0.4, 0.5) is 0 Å². The van der Waals surface area contributed by atoms with E-state index in [-0.39, 0.29) is 5.91 Å². The topological polar surface area (TPSA) is 85.9 Å². The number of carbonyl (C=O) groups is 1. The Morgan fingerprint density at radius 1 is 1.33 bits per heavy atom. The molecule has 1 aliphatic carbocycles. The molecule has 0 bridgehead atoms. The third-order valence-electron chi connectivity index (χ3n) is 3.59. The Hall–Kier alpha value is -1.40. The van der Waals surface area contributed by atoms with E-state index in [1.54, 1.807) is 0 Å². The summed E-state index contributed by atoms with van der Waals surface area (Å²) in [6.45, 7) is 2.40. The van der Waals surface area contributed by atoms with Gasteiger partial charge in [-0.25, -0.2) is 0 Å². The minimum Gasteiger partial charge on any atom is -0.402 e. The molecule has 0 aromatic rings. The Bertz CT molecular complexity index is 436. The number of nitrogens with one attached hydrogen (secondary N) is 1. The van der Waals surface area contributed by atoms with Gasteiger partial charge in [0.25, 0.3) is 5.91 Å². The van der Waals surface area contributed by atoms with Gasteiger partial charge in [0.05, 0.1) is 19.8 Å². The van der Waals surface area contributed by atoms with Gasteiger partial charge in [0, 0.05) is 30.7 Å². The minimum absolute atomic E-state index is 0.144. The van der Waals surface area contributed by atoms with E-state index in [0.717, 1.165) is 17.7 Å². The Balaban J connectivity index is 1.89. The Morgan fingerprint density at radius 3 is 2.83 bits per heavy atom. The molecule has 0 radical (unpaired) electrons. The Kier molecular flexibility index (Phi) is 2.83. The van der Waals surface area contributed by atoms with Crippen LogP contribution in [-0.2, 0) is 14.3 Å². The molecule has 1 fully saturated rings. The van der Waals surface area contributed by atoms with E-state index in [9.17, 15) is 4.79 Å². The first kappa shape index (κ1) is 11.7. The molecule has 3 aliphatic rings. The van der Waals surface area contributed by atoms with Crippen LogP contribution in [0.5, 0.6) is 0 Å². The van der Waals surface area contributed by atoms with E-state index in [1.807, 2.05) is 0 Å². The normalized spacial score (nSPS) is 27.3. The monoisotopic (exact) mass is 251 g/mol. The molecular formula is C12H17N3O3. The van der Waals surface area contributed by atoms with Gasteiger partial charge in [-0.2, -0.15) is 0 Å². The molecule has 1 amide bonds. The van der Waals surface area contributed by atoms with Crippen LogP contribution in [0.3, 0.4) is 0 Å². The van der Waals surface area contributed by atoms with Crippen molar-refractivity contribution in [3.05, 3.63) is 11.3 Å². The lowest BCUT2D eigenvalue weighted by molar-refractivity contribution is -0.162. The quantitative estimate of drug-likeness (QED) is 0.670. The van der Waals surface area contributed by atoms with Gasteiger partial charge in [-0.15, -0.1) is 0 Å². The van der Waals surface area contributed by atoms with Gasteiger partial charge in [-0.3, -0.25) is 9.79 Å². The van der Waals surface area contributed by atoms with E-state index >= 15 is 0 Å². The largest absolute Gasteiger partial charge is 0.402 e. The number of rotatable bonds is 1. The first-order chi connectivity index (χ1) is 8.70. The fourth-order valence-corrected chi connectivity index (χ4v) is 2.65. The van der Waals surface area contributed by atoms with Gasteiger partial charge in [0.2, 0.25) is 0 Å². The first-order valence-corrected chi connectivity index (χ1v) is 6.29. The van der Waals surface area contributed by atoms with Crippen LogP contribution in [0, 0.1) is 0 Å². The summed E-state index contributed by atoms with van der Waals surface area (Å²) in [7, 11) is 0. The molecule has 6 heteroatoms. The van der Waals surface area contributed by atoms with Crippen LogP contribution in [-0.4, -0.2) is 43.7 Å². The molecule has 0 unspecified atom stereocenters. The highest BCUT2D eigenvalue weighted by Gasteiger charge is 2.42. The van der Waals surface area contributed by atoms with Crippen molar-refractivity contribution < 1.29 is 14.3 Å². The second kappa shape index (κ2) is 4.37. The Labute approximate surface area is 105 Å². The van der Waals surface area contributed by atoms with Crippen LogP contribution < -0.4 is 11.1 Å². The molecule has 2 aliphatic heterocycles. The maximum Gasteiger partial charge on any atom is 0.269 e. The number of amides is 1. The molecule has 1 saturated heterocycles.